The van der Waals surface area contributed by atoms with Gasteiger partial charge in [-0.1, -0.05) is 0 Å². The summed E-state index contributed by atoms with van der Waals surface area (Å²) in [5, 5.41) is 8.69. The number of hydrogen-bond acceptors (Lipinski definition) is 2. The van der Waals surface area contributed by atoms with E-state index in [1.54, 1.807) is 6.07 Å². The van der Waals surface area contributed by atoms with Crippen molar-refractivity contribution < 1.29 is 5.11 Å². The van der Waals surface area contributed by atoms with E-state index in [2.05, 4.69) is 9.83 Å². The maximum absolute atomic E-state index is 8.69. The molecular formula is C8H8N2O. The van der Waals surface area contributed by atoms with E-state index in [0.717, 1.165) is 5.56 Å². The molecule has 0 unspecified atom stereocenters. The van der Waals surface area contributed by atoms with Gasteiger partial charge in [-0.25, -0.2) is 4.85 Å². The number of aliphatic hydroxyl groups excluding tert-OH is 1. The van der Waals surface area contributed by atoms with E-state index >= 15 is 0 Å². The number of pyridine rings is 1. The van der Waals surface area contributed by atoms with Crippen LogP contribution in [0.3, 0.4) is 0 Å². The highest BCUT2D eigenvalue weighted by Gasteiger charge is 1.98. The van der Waals surface area contributed by atoms with Gasteiger partial charge in [0.2, 0.25) is 5.69 Å². The molecule has 0 saturated heterocycles. The van der Waals surface area contributed by atoms with E-state index in [4.69, 9.17) is 11.7 Å². The zero-order chi connectivity index (χ0) is 8.27. The fraction of sp³-hybridized carbons (Fsp3) is 0.250. The Kier molecular flexibility index (Phi) is 2.19. The number of nitrogens with zero attached hydrogens (tertiary/aromatic N) is 2. The lowest BCUT2D eigenvalue weighted by Crippen LogP contribution is -1.88. The highest BCUT2D eigenvalue weighted by atomic mass is 16.3. The lowest BCUT2D eigenvalue weighted by Gasteiger charge is -1.98. The highest BCUT2D eigenvalue weighted by molar-refractivity contribution is 5.49. The minimum absolute atomic E-state index is 0.0703. The molecule has 3 heteroatoms. The SMILES string of the molecule is [C-]#[N+]c1cnc(CO)cc1C. The Labute approximate surface area is 65.1 Å². The Morgan fingerprint density at radius 3 is 2.91 bits per heavy atom. The minimum Gasteiger partial charge on any atom is -0.390 e. The van der Waals surface area contributed by atoms with Crippen LogP contribution in [0, 0.1) is 13.5 Å². The zero-order valence-corrected chi connectivity index (χ0v) is 6.20. The normalized spacial score (nSPS) is 9.18. The van der Waals surface area contributed by atoms with Gasteiger partial charge in [0, 0.05) is 6.20 Å². The fourth-order valence-corrected chi connectivity index (χ4v) is 0.811. The second-order valence-electron chi connectivity index (χ2n) is 2.23. The molecule has 1 heterocycles. The number of aromatic nitrogens is 1. The summed E-state index contributed by atoms with van der Waals surface area (Å²) >= 11 is 0. The number of aliphatic hydroxyl groups is 1. The van der Waals surface area contributed by atoms with Crippen LogP contribution in [0.4, 0.5) is 5.69 Å². The lowest BCUT2D eigenvalue weighted by atomic mass is 10.2. The summed E-state index contributed by atoms with van der Waals surface area (Å²) in [6.07, 6.45) is 1.48. The summed E-state index contributed by atoms with van der Waals surface area (Å²) < 4.78 is 0. The number of aryl methyl sites for hydroxylation is 1. The Balaban J connectivity index is 3.12. The van der Waals surface area contributed by atoms with Crippen LogP contribution in [0.25, 0.3) is 4.85 Å². The molecule has 0 aromatic carbocycles. The quantitative estimate of drug-likeness (QED) is 0.612. The van der Waals surface area contributed by atoms with Crippen molar-refractivity contribution in [3.63, 3.8) is 0 Å². The average Bonchev–Trinajstić information content (AvgIpc) is 2.04. The van der Waals surface area contributed by atoms with Gasteiger partial charge in [-0.3, -0.25) is 4.98 Å². The Morgan fingerprint density at radius 1 is 1.73 bits per heavy atom. The second-order valence-corrected chi connectivity index (χ2v) is 2.23. The molecule has 1 rings (SSSR count). The molecule has 0 fully saturated rings. The molecule has 0 bridgehead atoms. The molecule has 0 aliphatic carbocycles. The van der Waals surface area contributed by atoms with Crippen LogP contribution < -0.4 is 0 Å². The third-order valence-electron chi connectivity index (χ3n) is 1.42. The van der Waals surface area contributed by atoms with Gasteiger partial charge < -0.3 is 5.11 Å². The van der Waals surface area contributed by atoms with Crippen LogP contribution in [-0.4, -0.2) is 10.1 Å². The maximum Gasteiger partial charge on any atom is 0.207 e. The van der Waals surface area contributed by atoms with E-state index < -0.39 is 0 Å². The predicted octanol–water partition coefficient (Wildman–Crippen LogP) is 1.43. The van der Waals surface area contributed by atoms with Crippen molar-refractivity contribution in [2.24, 2.45) is 0 Å². The van der Waals surface area contributed by atoms with Crippen LogP contribution in [0.2, 0.25) is 0 Å². The van der Waals surface area contributed by atoms with Crippen molar-refractivity contribution in [3.05, 3.63) is 34.9 Å². The highest BCUT2D eigenvalue weighted by Crippen LogP contribution is 2.16. The van der Waals surface area contributed by atoms with Gasteiger partial charge in [0.15, 0.2) is 0 Å². The fourth-order valence-electron chi connectivity index (χ4n) is 0.811. The summed E-state index contributed by atoms with van der Waals surface area (Å²) in [6.45, 7) is 8.49. The molecule has 56 valence electrons. The molecule has 1 aromatic rings. The Bertz CT molecular complexity index is 301. The monoisotopic (exact) mass is 148 g/mol. The molecule has 1 N–H and O–H groups in total. The molecule has 0 amide bonds. The van der Waals surface area contributed by atoms with Gasteiger partial charge in [-0.05, 0) is 18.6 Å². The van der Waals surface area contributed by atoms with Crippen LogP contribution in [0.1, 0.15) is 11.3 Å². The van der Waals surface area contributed by atoms with E-state index in [-0.39, 0.29) is 6.61 Å². The van der Waals surface area contributed by atoms with Crippen molar-refractivity contribution >= 4 is 5.69 Å². The molecule has 11 heavy (non-hydrogen) atoms. The van der Waals surface area contributed by atoms with Crippen molar-refractivity contribution in [1.29, 1.82) is 0 Å². The first-order valence-corrected chi connectivity index (χ1v) is 3.21. The van der Waals surface area contributed by atoms with Crippen molar-refractivity contribution in [3.8, 4) is 0 Å². The van der Waals surface area contributed by atoms with Crippen molar-refractivity contribution in [2.45, 2.75) is 13.5 Å². The second kappa shape index (κ2) is 3.13. The van der Waals surface area contributed by atoms with E-state index in [1.807, 2.05) is 6.92 Å². The zero-order valence-electron chi connectivity index (χ0n) is 6.20. The lowest BCUT2D eigenvalue weighted by molar-refractivity contribution is 0.277. The van der Waals surface area contributed by atoms with Gasteiger partial charge in [0.1, 0.15) is 0 Å². The molecule has 0 atom stereocenters. The van der Waals surface area contributed by atoms with Gasteiger partial charge in [0.05, 0.1) is 18.9 Å². The minimum atomic E-state index is -0.0703. The van der Waals surface area contributed by atoms with E-state index in [1.165, 1.54) is 6.20 Å². The smallest absolute Gasteiger partial charge is 0.207 e. The largest absolute Gasteiger partial charge is 0.390 e. The molecule has 1 aromatic heterocycles. The van der Waals surface area contributed by atoms with E-state index in [9.17, 15) is 0 Å². The summed E-state index contributed by atoms with van der Waals surface area (Å²) in [7, 11) is 0. The Morgan fingerprint density at radius 2 is 2.45 bits per heavy atom. The summed E-state index contributed by atoms with van der Waals surface area (Å²) in [5.74, 6) is 0. The van der Waals surface area contributed by atoms with Crippen LogP contribution in [0.5, 0.6) is 0 Å². The molecule has 0 aliphatic rings. The van der Waals surface area contributed by atoms with Gasteiger partial charge >= 0.3 is 0 Å². The molecule has 3 nitrogen and oxygen atoms in total. The van der Waals surface area contributed by atoms with Crippen LogP contribution in [0.15, 0.2) is 12.3 Å². The number of hydrogen-bond donors (Lipinski definition) is 1. The third-order valence-corrected chi connectivity index (χ3v) is 1.42. The first-order chi connectivity index (χ1) is 5.27. The molecule has 0 saturated carbocycles. The number of rotatable bonds is 1. The molecular weight excluding hydrogens is 140 g/mol. The molecule has 0 aliphatic heterocycles. The standard InChI is InChI=1S/C8H8N2O/c1-6-3-7(5-11)10-4-8(6)9-2/h3-4,11H,5H2,1H3. The maximum atomic E-state index is 8.69. The summed E-state index contributed by atoms with van der Waals surface area (Å²) in [5.41, 5.74) is 2.01. The summed E-state index contributed by atoms with van der Waals surface area (Å²) in [4.78, 5) is 7.12. The first-order valence-electron chi connectivity index (χ1n) is 3.21. The van der Waals surface area contributed by atoms with Crippen molar-refractivity contribution in [1.82, 2.24) is 4.98 Å². The van der Waals surface area contributed by atoms with Crippen LogP contribution >= 0.6 is 0 Å². The Hall–Kier alpha value is -1.40. The predicted molar refractivity (Wildman–Crippen MR) is 41.2 cm³/mol. The first kappa shape index (κ1) is 7.70. The van der Waals surface area contributed by atoms with Gasteiger partial charge in [-0.15, -0.1) is 0 Å². The molecule has 0 radical (unpaired) electrons. The summed E-state index contributed by atoms with van der Waals surface area (Å²) in [6, 6.07) is 1.72. The van der Waals surface area contributed by atoms with Crippen molar-refractivity contribution in [2.75, 3.05) is 0 Å². The van der Waals surface area contributed by atoms with Gasteiger partial charge in [-0.2, -0.15) is 0 Å². The van der Waals surface area contributed by atoms with E-state index in [0.29, 0.717) is 11.4 Å². The topological polar surface area (TPSA) is 37.5 Å². The average molecular weight is 148 g/mol. The van der Waals surface area contributed by atoms with Gasteiger partial charge in [0.25, 0.3) is 0 Å². The van der Waals surface area contributed by atoms with Crippen LogP contribution in [-0.2, 0) is 6.61 Å². The molecule has 0 spiro atoms. The third kappa shape index (κ3) is 1.54.